The average molecular weight is 579 g/mol. The van der Waals surface area contributed by atoms with E-state index in [1.54, 1.807) is 7.11 Å². The van der Waals surface area contributed by atoms with Crippen molar-refractivity contribution in [2.24, 2.45) is 0 Å². The van der Waals surface area contributed by atoms with Gasteiger partial charge in [-0.25, -0.2) is 0 Å². The highest BCUT2D eigenvalue weighted by atomic mass is 16.7. The lowest BCUT2D eigenvalue weighted by Crippen LogP contribution is -2.52. The van der Waals surface area contributed by atoms with Crippen LogP contribution in [0.5, 0.6) is 17.2 Å². The molecule has 2 aromatic carbocycles. The summed E-state index contributed by atoms with van der Waals surface area (Å²) in [6, 6.07) is 13.0. The Balaban J connectivity index is 1.02. The van der Waals surface area contributed by atoms with Gasteiger partial charge in [-0.3, -0.25) is 14.5 Å². The summed E-state index contributed by atoms with van der Waals surface area (Å²) in [7, 11) is 5.98. The molecule has 1 saturated carbocycles. The molecule has 1 N–H and O–H groups in total. The molecule has 9 heteroatoms. The number of carbonyl (C=O) groups is 2. The molecule has 3 aliphatic rings. The highest BCUT2D eigenvalue weighted by Crippen LogP contribution is 2.42. The zero-order chi connectivity index (χ0) is 29.7. The average Bonchev–Trinajstić information content (AvgIpc) is 3.47. The Kier molecular flexibility index (Phi) is 9.58. The fraction of sp³-hybridized carbons (Fsp3) is 0.576. The molecule has 228 valence electrons. The number of nitrogens with one attached hydrogen (secondary N) is 1. The highest BCUT2D eigenvalue weighted by Gasteiger charge is 2.37. The van der Waals surface area contributed by atoms with Crippen LogP contribution >= 0.6 is 0 Å². The van der Waals surface area contributed by atoms with Crippen molar-refractivity contribution < 1.29 is 23.8 Å². The third kappa shape index (κ3) is 7.18. The number of hydrogen-bond donors (Lipinski definition) is 1. The second kappa shape index (κ2) is 13.3. The molecule has 2 amide bonds. The third-order valence-electron chi connectivity index (χ3n) is 9.30. The number of ether oxygens (including phenoxy) is 3. The quantitative estimate of drug-likeness (QED) is 0.460. The molecular weight excluding hydrogens is 532 g/mol. The van der Waals surface area contributed by atoms with Gasteiger partial charge < -0.3 is 29.3 Å². The van der Waals surface area contributed by atoms with E-state index in [9.17, 15) is 9.59 Å². The minimum atomic E-state index is -0.0142. The molecule has 9 nitrogen and oxygen atoms in total. The topological polar surface area (TPSA) is 83.6 Å². The lowest BCUT2D eigenvalue weighted by Gasteiger charge is -2.45. The molecule has 0 atom stereocenters. The van der Waals surface area contributed by atoms with Gasteiger partial charge in [0.2, 0.25) is 24.4 Å². The van der Waals surface area contributed by atoms with Gasteiger partial charge in [-0.1, -0.05) is 29.8 Å². The monoisotopic (exact) mass is 578 g/mol. The molecule has 0 bridgehead atoms. The van der Waals surface area contributed by atoms with Gasteiger partial charge in [0.1, 0.15) is 0 Å². The molecular formula is C33H46N4O5. The number of benzene rings is 2. The van der Waals surface area contributed by atoms with Crippen LogP contribution in [-0.2, 0) is 22.6 Å². The van der Waals surface area contributed by atoms with Crippen molar-refractivity contribution in [2.45, 2.75) is 70.0 Å². The minimum Gasteiger partial charge on any atom is -0.493 e. The summed E-state index contributed by atoms with van der Waals surface area (Å²) < 4.78 is 16.5. The van der Waals surface area contributed by atoms with E-state index in [1.165, 1.54) is 11.1 Å². The van der Waals surface area contributed by atoms with Crippen LogP contribution in [0.25, 0.3) is 0 Å². The minimum absolute atomic E-state index is 0.0142. The number of hydrogen-bond acceptors (Lipinski definition) is 7. The Morgan fingerprint density at radius 3 is 2.38 bits per heavy atom. The summed E-state index contributed by atoms with van der Waals surface area (Å²) in [5.41, 5.74) is 3.85. The molecule has 2 aromatic rings. The Hall–Kier alpha value is -3.30. The Bertz CT molecular complexity index is 1230. The number of nitrogens with zero attached hydrogens (tertiary/aromatic N) is 3. The smallest absolute Gasteiger partial charge is 0.231 e. The number of amides is 2. The summed E-state index contributed by atoms with van der Waals surface area (Å²) in [4.78, 5) is 32.3. The molecule has 5 rings (SSSR count). The van der Waals surface area contributed by atoms with Gasteiger partial charge in [0, 0.05) is 57.1 Å². The first kappa shape index (κ1) is 30.2. The largest absolute Gasteiger partial charge is 0.493 e. The van der Waals surface area contributed by atoms with Gasteiger partial charge in [-0.15, -0.1) is 0 Å². The van der Waals surface area contributed by atoms with Gasteiger partial charge in [-0.05, 0) is 76.4 Å². The fourth-order valence-electron chi connectivity index (χ4n) is 6.53. The number of carbonyl (C=O) groups excluding carboxylic acids is 2. The van der Waals surface area contributed by atoms with Gasteiger partial charge >= 0.3 is 0 Å². The van der Waals surface area contributed by atoms with Crippen molar-refractivity contribution in [1.82, 2.24) is 20.0 Å². The summed E-state index contributed by atoms with van der Waals surface area (Å²) in [5, 5.41) is 3.22. The van der Waals surface area contributed by atoms with E-state index in [-0.39, 0.29) is 43.0 Å². The van der Waals surface area contributed by atoms with Crippen LogP contribution in [0, 0.1) is 6.92 Å². The number of rotatable bonds is 10. The summed E-state index contributed by atoms with van der Waals surface area (Å²) in [6.45, 7) is 5.98. The van der Waals surface area contributed by atoms with Crippen molar-refractivity contribution in [3.63, 3.8) is 0 Å². The Morgan fingerprint density at radius 1 is 1.00 bits per heavy atom. The zero-order valence-corrected chi connectivity index (χ0v) is 25.6. The Morgan fingerprint density at radius 2 is 1.71 bits per heavy atom. The zero-order valence-electron chi connectivity index (χ0n) is 25.6. The predicted octanol–water partition coefficient (Wildman–Crippen LogP) is 3.76. The number of piperazine rings is 1. The van der Waals surface area contributed by atoms with Crippen molar-refractivity contribution in [2.75, 3.05) is 54.2 Å². The van der Waals surface area contributed by atoms with Crippen LogP contribution in [0.1, 0.15) is 55.2 Å². The molecule has 0 unspecified atom stereocenters. The number of likely N-dealkylation sites (N-methyl/N-ethyl adjacent to an activating group) is 1. The number of methoxy groups -OCH3 is 1. The van der Waals surface area contributed by atoms with E-state index >= 15 is 0 Å². The van der Waals surface area contributed by atoms with Gasteiger partial charge in [0.25, 0.3) is 0 Å². The van der Waals surface area contributed by atoms with Crippen LogP contribution in [-0.4, -0.2) is 92.3 Å². The molecule has 0 spiro atoms. The molecule has 1 saturated heterocycles. The lowest BCUT2D eigenvalue weighted by molar-refractivity contribution is -0.135. The van der Waals surface area contributed by atoms with E-state index in [1.807, 2.05) is 17.0 Å². The first-order valence-corrected chi connectivity index (χ1v) is 15.2. The van der Waals surface area contributed by atoms with Crippen LogP contribution < -0.4 is 19.5 Å². The first-order chi connectivity index (χ1) is 20.2. The van der Waals surface area contributed by atoms with E-state index in [0.29, 0.717) is 30.3 Å². The van der Waals surface area contributed by atoms with Gasteiger partial charge in [0.15, 0.2) is 11.5 Å². The van der Waals surface area contributed by atoms with E-state index < -0.39 is 0 Å². The molecule has 0 radical (unpaired) electrons. The molecule has 1 aliphatic carbocycles. The van der Waals surface area contributed by atoms with Crippen molar-refractivity contribution >= 4 is 11.8 Å². The van der Waals surface area contributed by atoms with Crippen LogP contribution in [0.4, 0.5) is 0 Å². The standard InChI is InChI=1S/C33H46N4O5/c1-24-5-7-25(8-6-24)21-33(35(2)3)13-11-27(12-14-33)34-30(38)9-10-31(39)37-17-15-36(16-18-37)22-26-19-28(40-4)32-29(20-26)41-23-42-32/h5-8,19-20,27H,9-18,21-23H2,1-4H3,(H,34,38). The normalized spacial score (nSPS) is 22.3. The van der Waals surface area contributed by atoms with E-state index in [0.717, 1.165) is 57.3 Å². The molecule has 2 aliphatic heterocycles. The van der Waals surface area contributed by atoms with E-state index in [2.05, 4.69) is 60.4 Å². The molecule has 42 heavy (non-hydrogen) atoms. The van der Waals surface area contributed by atoms with Crippen LogP contribution in [0.2, 0.25) is 0 Å². The van der Waals surface area contributed by atoms with Crippen LogP contribution in [0.3, 0.4) is 0 Å². The molecule has 0 aromatic heterocycles. The summed E-state index contributed by atoms with van der Waals surface area (Å²) in [5.74, 6) is 2.09. The first-order valence-electron chi connectivity index (χ1n) is 15.2. The van der Waals surface area contributed by atoms with Crippen molar-refractivity contribution in [3.8, 4) is 17.2 Å². The SMILES string of the molecule is COc1cc(CN2CCN(C(=O)CCC(=O)NC3CCC(Cc4ccc(C)cc4)(N(C)C)CC3)CC2)cc2c1OCO2. The van der Waals surface area contributed by atoms with Gasteiger partial charge in [0.05, 0.1) is 7.11 Å². The molecule has 2 heterocycles. The second-order valence-electron chi connectivity index (χ2n) is 12.3. The number of aryl methyl sites for hydroxylation is 1. The van der Waals surface area contributed by atoms with E-state index in [4.69, 9.17) is 14.2 Å². The highest BCUT2D eigenvalue weighted by molar-refractivity contribution is 5.84. The lowest BCUT2D eigenvalue weighted by atomic mass is 9.74. The van der Waals surface area contributed by atoms with Crippen LogP contribution in [0.15, 0.2) is 36.4 Å². The van der Waals surface area contributed by atoms with Crippen molar-refractivity contribution in [3.05, 3.63) is 53.1 Å². The molecule has 2 fully saturated rings. The Labute approximate surface area is 250 Å². The summed E-state index contributed by atoms with van der Waals surface area (Å²) in [6.07, 6.45) is 5.53. The maximum Gasteiger partial charge on any atom is 0.231 e. The van der Waals surface area contributed by atoms with Gasteiger partial charge in [-0.2, -0.15) is 0 Å². The fourth-order valence-corrected chi connectivity index (χ4v) is 6.53. The maximum atomic E-state index is 12.9. The predicted molar refractivity (Wildman–Crippen MR) is 162 cm³/mol. The summed E-state index contributed by atoms with van der Waals surface area (Å²) >= 11 is 0. The number of fused-ring (bicyclic) bond motifs is 1. The second-order valence-corrected chi connectivity index (χ2v) is 12.3. The third-order valence-corrected chi connectivity index (χ3v) is 9.30. The van der Waals surface area contributed by atoms with Crippen molar-refractivity contribution in [1.29, 1.82) is 0 Å². The maximum absolute atomic E-state index is 12.9.